The van der Waals surface area contributed by atoms with Crippen LogP contribution in [0.1, 0.15) is 22.5 Å². The lowest BCUT2D eigenvalue weighted by atomic mass is 10.2. The Bertz CT molecular complexity index is 358. The van der Waals surface area contributed by atoms with Crippen LogP contribution in [0.3, 0.4) is 0 Å². The Morgan fingerprint density at radius 2 is 2.50 bits per heavy atom. The number of ether oxygens (including phenoxy) is 1. The normalized spacial score (nSPS) is 19.7. The van der Waals surface area contributed by atoms with E-state index in [9.17, 15) is 4.79 Å². The van der Waals surface area contributed by atoms with Gasteiger partial charge in [0, 0.05) is 19.3 Å². The second kappa shape index (κ2) is 5.05. The summed E-state index contributed by atoms with van der Waals surface area (Å²) in [7, 11) is 0. The summed E-state index contributed by atoms with van der Waals surface area (Å²) in [5.41, 5.74) is 6.79. The first-order chi connectivity index (χ1) is 7.79. The summed E-state index contributed by atoms with van der Waals surface area (Å²) in [6.45, 7) is 1.74. The predicted molar refractivity (Wildman–Crippen MR) is 58.8 cm³/mol. The molecule has 0 spiro atoms. The van der Waals surface area contributed by atoms with Crippen LogP contribution in [0.4, 0.5) is 0 Å². The molecule has 0 saturated carbocycles. The molecule has 1 unspecified atom stereocenters. The van der Waals surface area contributed by atoms with Crippen LogP contribution >= 0.6 is 0 Å². The van der Waals surface area contributed by atoms with Crippen LogP contribution in [-0.2, 0) is 11.3 Å². The van der Waals surface area contributed by atoms with Crippen LogP contribution < -0.4 is 11.1 Å². The van der Waals surface area contributed by atoms with Crippen molar-refractivity contribution < 1.29 is 9.53 Å². The van der Waals surface area contributed by atoms with Gasteiger partial charge in [-0.1, -0.05) is 6.07 Å². The molecule has 86 valence electrons. The maximum absolute atomic E-state index is 11.7. The van der Waals surface area contributed by atoms with Gasteiger partial charge in [0.25, 0.3) is 5.91 Å². The van der Waals surface area contributed by atoms with Crippen LogP contribution in [0.2, 0.25) is 0 Å². The van der Waals surface area contributed by atoms with Crippen LogP contribution in [0, 0.1) is 0 Å². The number of hydrogen-bond acceptors (Lipinski definition) is 4. The van der Waals surface area contributed by atoms with E-state index in [1.54, 1.807) is 12.3 Å². The van der Waals surface area contributed by atoms with Gasteiger partial charge in [0.1, 0.15) is 5.69 Å². The Hall–Kier alpha value is -1.46. The van der Waals surface area contributed by atoms with E-state index in [2.05, 4.69) is 10.3 Å². The number of nitrogens with two attached hydrogens (primary N) is 1. The van der Waals surface area contributed by atoms with Crippen molar-refractivity contribution in [2.24, 2.45) is 5.73 Å². The second-order valence-electron chi connectivity index (χ2n) is 3.79. The molecule has 2 rings (SSSR count). The summed E-state index contributed by atoms with van der Waals surface area (Å²) in [6, 6.07) is 3.61. The number of aromatic nitrogens is 1. The minimum Gasteiger partial charge on any atom is -0.379 e. The minimum absolute atomic E-state index is 0.114. The van der Waals surface area contributed by atoms with Crippen LogP contribution in [0.15, 0.2) is 18.3 Å². The Kier molecular flexibility index (Phi) is 3.48. The third-order valence-electron chi connectivity index (χ3n) is 2.56. The average Bonchev–Trinajstić information content (AvgIpc) is 2.82. The standard InChI is InChI=1S/C11H15N3O2/c12-5-8-1-2-10(13-6-8)11(15)14-9-3-4-16-7-9/h1-2,6,9H,3-5,7,12H2,(H,14,15). The topological polar surface area (TPSA) is 77.2 Å². The van der Waals surface area contributed by atoms with Crippen LogP contribution in [-0.4, -0.2) is 30.1 Å². The quantitative estimate of drug-likeness (QED) is 0.756. The molecule has 0 bridgehead atoms. The molecule has 5 heteroatoms. The zero-order chi connectivity index (χ0) is 11.4. The summed E-state index contributed by atoms with van der Waals surface area (Å²) in [4.78, 5) is 15.8. The average molecular weight is 221 g/mol. The number of carbonyl (C=O) groups is 1. The molecule has 0 aliphatic carbocycles. The smallest absolute Gasteiger partial charge is 0.270 e. The number of carbonyl (C=O) groups excluding carboxylic acids is 1. The number of nitrogens with one attached hydrogen (secondary N) is 1. The van der Waals surface area contributed by atoms with E-state index in [1.807, 2.05) is 6.07 Å². The van der Waals surface area contributed by atoms with E-state index in [0.29, 0.717) is 25.5 Å². The first-order valence-electron chi connectivity index (χ1n) is 5.33. The largest absolute Gasteiger partial charge is 0.379 e. The Balaban J connectivity index is 1.97. The highest BCUT2D eigenvalue weighted by atomic mass is 16.5. The molecular weight excluding hydrogens is 206 g/mol. The van der Waals surface area contributed by atoms with E-state index >= 15 is 0 Å². The molecule has 0 radical (unpaired) electrons. The molecule has 1 aromatic heterocycles. The lowest BCUT2D eigenvalue weighted by Gasteiger charge is -2.09. The number of rotatable bonds is 3. The van der Waals surface area contributed by atoms with Crippen molar-refractivity contribution in [1.29, 1.82) is 0 Å². The summed E-state index contributed by atoms with van der Waals surface area (Å²) in [6.07, 6.45) is 2.49. The molecule has 2 heterocycles. The Morgan fingerprint density at radius 1 is 1.62 bits per heavy atom. The minimum atomic E-state index is -0.154. The predicted octanol–water partition coefficient (Wildman–Crippen LogP) is 0.0590. The van der Waals surface area contributed by atoms with Gasteiger partial charge in [-0.25, -0.2) is 0 Å². The first-order valence-corrected chi connectivity index (χ1v) is 5.33. The molecular formula is C11H15N3O2. The van der Waals surface area contributed by atoms with Gasteiger partial charge in [0.15, 0.2) is 0 Å². The SMILES string of the molecule is NCc1ccc(C(=O)NC2CCOC2)nc1. The molecule has 1 aliphatic rings. The molecule has 1 saturated heterocycles. The fraction of sp³-hybridized carbons (Fsp3) is 0.455. The highest BCUT2D eigenvalue weighted by Crippen LogP contribution is 2.05. The first kappa shape index (κ1) is 11.0. The molecule has 1 fully saturated rings. The lowest BCUT2D eigenvalue weighted by Crippen LogP contribution is -2.35. The van der Waals surface area contributed by atoms with Crippen molar-refractivity contribution in [3.05, 3.63) is 29.6 Å². The molecule has 16 heavy (non-hydrogen) atoms. The van der Waals surface area contributed by atoms with Gasteiger partial charge in [-0.3, -0.25) is 9.78 Å². The number of pyridine rings is 1. The highest BCUT2D eigenvalue weighted by molar-refractivity contribution is 5.92. The molecule has 1 aromatic rings. The second-order valence-corrected chi connectivity index (χ2v) is 3.79. The van der Waals surface area contributed by atoms with Gasteiger partial charge < -0.3 is 15.8 Å². The highest BCUT2D eigenvalue weighted by Gasteiger charge is 2.18. The lowest BCUT2D eigenvalue weighted by molar-refractivity contribution is 0.0925. The van der Waals surface area contributed by atoms with Crippen molar-refractivity contribution >= 4 is 5.91 Å². The van der Waals surface area contributed by atoms with E-state index in [-0.39, 0.29) is 11.9 Å². The van der Waals surface area contributed by atoms with E-state index in [0.717, 1.165) is 12.0 Å². The molecule has 1 aliphatic heterocycles. The molecule has 0 aromatic carbocycles. The summed E-state index contributed by atoms with van der Waals surface area (Å²) in [5, 5.41) is 2.87. The fourth-order valence-corrected chi connectivity index (χ4v) is 1.59. The molecule has 3 N–H and O–H groups in total. The van der Waals surface area contributed by atoms with Gasteiger partial charge in [0.05, 0.1) is 12.6 Å². The Morgan fingerprint density at radius 3 is 3.06 bits per heavy atom. The zero-order valence-corrected chi connectivity index (χ0v) is 8.98. The van der Waals surface area contributed by atoms with E-state index in [4.69, 9.17) is 10.5 Å². The molecule has 1 amide bonds. The number of nitrogens with zero attached hydrogens (tertiary/aromatic N) is 1. The summed E-state index contributed by atoms with van der Waals surface area (Å²) in [5.74, 6) is -0.154. The third-order valence-corrected chi connectivity index (χ3v) is 2.56. The monoisotopic (exact) mass is 221 g/mol. The summed E-state index contributed by atoms with van der Waals surface area (Å²) >= 11 is 0. The Labute approximate surface area is 94.0 Å². The van der Waals surface area contributed by atoms with Crippen molar-refractivity contribution in [2.45, 2.75) is 19.0 Å². The number of hydrogen-bond donors (Lipinski definition) is 2. The van der Waals surface area contributed by atoms with Gasteiger partial charge in [-0.05, 0) is 18.1 Å². The number of amides is 1. The van der Waals surface area contributed by atoms with Crippen LogP contribution in [0.25, 0.3) is 0 Å². The van der Waals surface area contributed by atoms with Gasteiger partial charge in [-0.15, -0.1) is 0 Å². The van der Waals surface area contributed by atoms with E-state index < -0.39 is 0 Å². The van der Waals surface area contributed by atoms with E-state index in [1.165, 1.54) is 0 Å². The summed E-state index contributed by atoms with van der Waals surface area (Å²) < 4.78 is 5.18. The zero-order valence-electron chi connectivity index (χ0n) is 8.98. The van der Waals surface area contributed by atoms with Crippen molar-refractivity contribution in [3.8, 4) is 0 Å². The van der Waals surface area contributed by atoms with Gasteiger partial charge >= 0.3 is 0 Å². The third kappa shape index (κ3) is 2.56. The maximum atomic E-state index is 11.7. The van der Waals surface area contributed by atoms with Gasteiger partial charge in [-0.2, -0.15) is 0 Å². The molecule has 5 nitrogen and oxygen atoms in total. The van der Waals surface area contributed by atoms with Crippen molar-refractivity contribution in [3.63, 3.8) is 0 Å². The van der Waals surface area contributed by atoms with Crippen LogP contribution in [0.5, 0.6) is 0 Å². The van der Waals surface area contributed by atoms with Crippen molar-refractivity contribution in [1.82, 2.24) is 10.3 Å². The fourth-order valence-electron chi connectivity index (χ4n) is 1.59. The van der Waals surface area contributed by atoms with Crippen molar-refractivity contribution in [2.75, 3.05) is 13.2 Å². The maximum Gasteiger partial charge on any atom is 0.270 e. The molecule has 1 atom stereocenters. The van der Waals surface area contributed by atoms with Gasteiger partial charge in [0.2, 0.25) is 0 Å².